The van der Waals surface area contributed by atoms with Gasteiger partial charge in [-0.1, -0.05) is 36.6 Å². The lowest BCUT2D eigenvalue weighted by Crippen LogP contribution is -2.48. The smallest absolute Gasteiger partial charge is 0.249 e. The van der Waals surface area contributed by atoms with Crippen molar-refractivity contribution in [3.8, 4) is 11.5 Å². The number of hydrogen-bond acceptors (Lipinski definition) is 6. The van der Waals surface area contributed by atoms with Crippen LogP contribution in [0.3, 0.4) is 0 Å². The summed E-state index contributed by atoms with van der Waals surface area (Å²) in [5, 5.41) is 11.7. The zero-order valence-corrected chi connectivity index (χ0v) is 22.5. The van der Waals surface area contributed by atoms with Crippen molar-refractivity contribution >= 4 is 28.5 Å². The molecule has 1 saturated carbocycles. The number of fused-ring (bicyclic) bond motifs is 1. The van der Waals surface area contributed by atoms with Crippen LogP contribution in [0, 0.1) is 0 Å². The second-order valence-corrected chi connectivity index (χ2v) is 9.86. The van der Waals surface area contributed by atoms with E-state index in [0.717, 1.165) is 31.2 Å². The topological polar surface area (TPSA) is 104 Å². The summed E-state index contributed by atoms with van der Waals surface area (Å²) in [5.74, 6) is 0.451. The molecule has 204 valence electrons. The van der Waals surface area contributed by atoms with Gasteiger partial charge in [0.05, 0.1) is 31.1 Å². The molecule has 2 aromatic heterocycles. The highest BCUT2D eigenvalue weighted by molar-refractivity contribution is 6.01. The standard InChI is InChI=1S/C29H34N6O4/c1-33-15-9-14-26(33)28(29(37)30-20-10-5-4-6-11-20)35(21-16-22(38-2)18-23(17-21)39-3)27(36)19-34-25-13-8-7-12-24(25)31-32-34/h7-9,12-18,20,28H,4-6,10-11,19H2,1-3H3,(H,30,37)/t28-/m0/s1. The molecule has 0 aliphatic heterocycles. The molecule has 0 bridgehead atoms. The summed E-state index contributed by atoms with van der Waals surface area (Å²) in [5.41, 5.74) is 2.58. The predicted molar refractivity (Wildman–Crippen MR) is 148 cm³/mol. The van der Waals surface area contributed by atoms with Gasteiger partial charge in [0.25, 0.3) is 0 Å². The first-order valence-corrected chi connectivity index (χ1v) is 13.2. The number of amides is 2. The van der Waals surface area contributed by atoms with Crippen LogP contribution >= 0.6 is 0 Å². The fourth-order valence-corrected chi connectivity index (χ4v) is 5.28. The van der Waals surface area contributed by atoms with E-state index in [-0.39, 0.29) is 24.4 Å². The summed E-state index contributed by atoms with van der Waals surface area (Å²) in [6.45, 7) is -0.113. The van der Waals surface area contributed by atoms with E-state index in [0.29, 0.717) is 28.4 Å². The van der Waals surface area contributed by atoms with Crippen LogP contribution in [0.4, 0.5) is 5.69 Å². The number of nitrogens with one attached hydrogen (secondary N) is 1. The van der Waals surface area contributed by atoms with Crippen LogP contribution in [0.5, 0.6) is 11.5 Å². The highest BCUT2D eigenvalue weighted by atomic mass is 16.5. The van der Waals surface area contributed by atoms with E-state index >= 15 is 0 Å². The molecule has 0 spiro atoms. The van der Waals surface area contributed by atoms with Crippen molar-refractivity contribution in [3.63, 3.8) is 0 Å². The minimum atomic E-state index is -0.939. The van der Waals surface area contributed by atoms with Crippen LogP contribution in [0.25, 0.3) is 11.0 Å². The third kappa shape index (κ3) is 5.59. The number of benzene rings is 2. The van der Waals surface area contributed by atoms with Gasteiger partial charge in [-0.15, -0.1) is 5.10 Å². The molecule has 1 fully saturated rings. The van der Waals surface area contributed by atoms with Gasteiger partial charge in [0.1, 0.15) is 23.6 Å². The molecule has 10 nitrogen and oxygen atoms in total. The molecule has 2 amide bonds. The number of ether oxygens (including phenoxy) is 2. The minimum absolute atomic E-state index is 0.0741. The van der Waals surface area contributed by atoms with Crippen molar-refractivity contribution in [2.45, 2.75) is 50.7 Å². The molecule has 10 heteroatoms. The van der Waals surface area contributed by atoms with Gasteiger partial charge >= 0.3 is 0 Å². The number of rotatable bonds is 9. The zero-order chi connectivity index (χ0) is 27.4. The van der Waals surface area contributed by atoms with Crippen LogP contribution in [-0.2, 0) is 23.2 Å². The number of para-hydroxylation sites is 1. The molecule has 2 aromatic carbocycles. The van der Waals surface area contributed by atoms with Crippen LogP contribution in [0.1, 0.15) is 43.8 Å². The second kappa shape index (κ2) is 11.6. The molecule has 4 aromatic rings. The molecular formula is C29H34N6O4. The number of aryl methyl sites for hydroxylation is 1. The Morgan fingerprint density at radius 1 is 1.03 bits per heavy atom. The highest BCUT2D eigenvalue weighted by Gasteiger charge is 2.36. The average Bonchev–Trinajstić information content (AvgIpc) is 3.57. The first kappa shape index (κ1) is 26.3. The minimum Gasteiger partial charge on any atom is -0.497 e. The fourth-order valence-electron chi connectivity index (χ4n) is 5.28. The largest absolute Gasteiger partial charge is 0.497 e. The van der Waals surface area contributed by atoms with Crippen molar-refractivity contribution in [3.05, 3.63) is 66.5 Å². The van der Waals surface area contributed by atoms with Crippen LogP contribution in [0.2, 0.25) is 0 Å². The van der Waals surface area contributed by atoms with Gasteiger partial charge in [0, 0.05) is 37.5 Å². The summed E-state index contributed by atoms with van der Waals surface area (Å²) in [4.78, 5) is 29.9. The van der Waals surface area contributed by atoms with E-state index in [1.54, 1.807) is 37.1 Å². The average molecular weight is 531 g/mol. The van der Waals surface area contributed by atoms with Crippen molar-refractivity contribution in [1.29, 1.82) is 0 Å². The van der Waals surface area contributed by atoms with E-state index < -0.39 is 6.04 Å². The quantitative estimate of drug-likeness (QED) is 0.351. The Balaban J connectivity index is 1.60. The molecule has 0 saturated heterocycles. The summed E-state index contributed by atoms with van der Waals surface area (Å²) in [6, 6.07) is 15.6. The summed E-state index contributed by atoms with van der Waals surface area (Å²) in [7, 11) is 4.98. The van der Waals surface area contributed by atoms with Crippen LogP contribution < -0.4 is 19.7 Å². The molecule has 0 unspecified atom stereocenters. The second-order valence-electron chi connectivity index (χ2n) is 9.86. The van der Waals surface area contributed by atoms with Gasteiger partial charge < -0.3 is 19.4 Å². The first-order valence-electron chi connectivity index (χ1n) is 13.2. The first-order chi connectivity index (χ1) is 19.0. The number of carbonyl (C=O) groups is 2. The Hall–Kier alpha value is -4.34. The number of hydrogen-bond donors (Lipinski definition) is 1. The van der Waals surface area contributed by atoms with Crippen molar-refractivity contribution in [1.82, 2.24) is 24.9 Å². The SMILES string of the molecule is COc1cc(OC)cc(N(C(=O)Cn2nnc3ccccc32)[C@H](C(=O)NC2CCCCC2)c2cccn2C)c1. The fraction of sp³-hybridized carbons (Fsp3) is 0.379. The van der Waals surface area contributed by atoms with Crippen LogP contribution in [0.15, 0.2) is 60.8 Å². The molecule has 39 heavy (non-hydrogen) atoms. The maximum atomic E-state index is 14.3. The van der Waals surface area contributed by atoms with Crippen molar-refractivity contribution in [2.75, 3.05) is 19.1 Å². The molecule has 5 rings (SSSR count). The molecule has 1 aliphatic carbocycles. The number of methoxy groups -OCH3 is 2. The Bertz CT molecular complexity index is 1430. The molecule has 2 heterocycles. The van der Waals surface area contributed by atoms with E-state index in [1.807, 2.05) is 54.2 Å². The summed E-state index contributed by atoms with van der Waals surface area (Å²) in [6.07, 6.45) is 7.06. The van der Waals surface area contributed by atoms with Gasteiger partial charge in [0.15, 0.2) is 6.04 Å². The Kier molecular flexibility index (Phi) is 7.81. The van der Waals surface area contributed by atoms with Gasteiger partial charge in [-0.3, -0.25) is 14.5 Å². The zero-order valence-electron chi connectivity index (χ0n) is 22.5. The Labute approximate surface area is 227 Å². The summed E-state index contributed by atoms with van der Waals surface area (Å²) < 4.78 is 14.5. The van der Waals surface area contributed by atoms with Crippen molar-refractivity contribution < 1.29 is 19.1 Å². The van der Waals surface area contributed by atoms with Crippen molar-refractivity contribution in [2.24, 2.45) is 7.05 Å². The monoisotopic (exact) mass is 530 g/mol. The Morgan fingerprint density at radius 3 is 2.41 bits per heavy atom. The lowest BCUT2D eigenvalue weighted by molar-refractivity contribution is -0.127. The maximum absolute atomic E-state index is 14.3. The molecule has 0 radical (unpaired) electrons. The van der Waals surface area contributed by atoms with E-state index in [9.17, 15) is 9.59 Å². The van der Waals surface area contributed by atoms with Gasteiger partial charge in [0.2, 0.25) is 11.8 Å². The van der Waals surface area contributed by atoms with Gasteiger partial charge in [-0.2, -0.15) is 0 Å². The molecule has 1 N–H and O–H groups in total. The number of aromatic nitrogens is 4. The lowest BCUT2D eigenvalue weighted by atomic mass is 9.95. The van der Waals surface area contributed by atoms with Crippen LogP contribution in [-0.4, -0.2) is 51.6 Å². The van der Waals surface area contributed by atoms with E-state index in [1.165, 1.54) is 11.3 Å². The van der Waals surface area contributed by atoms with Gasteiger partial charge in [-0.25, -0.2) is 4.68 Å². The highest BCUT2D eigenvalue weighted by Crippen LogP contribution is 2.35. The van der Waals surface area contributed by atoms with Gasteiger partial charge in [-0.05, 0) is 37.1 Å². The molecular weight excluding hydrogens is 496 g/mol. The number of nitrogens with zero attached hydrogens (tertiary/aromatic N) is 5. The predicted octanol–water partition coefficient (Wildman–Crippen LogP) is 4.01. The maximum Gasteiger partial charge on any atom is 0.249 e. The van der Waals surface area contributed by atoms with E-state index in [4.69, 9.17) is 9.47 Å². The third-order valence-corrected chi connectivity index (χ3v) is 7.31. The lowest BCUT2D eigenvalue weighted by Gasteiger charge is -2.33. The molecule has 1 aliphatic rings. The van der Waals surface area contributed by atoms with E-state index in [2.05, 4.69) is 15.6 Å². The summed E-state index contributed by atoms with van der Waals surface area (Å²) >= 11 is 0. The number of anilines is 1. The third-order valence-electron chi connectivity index (χ3n) is 7.31. The number of carbonyl (C=O) groups excluding carboxylic acids is 2. The Morgan fingerprint density at radius 2 is 1.74 bits per heavy atom. The molecule has 1 atom stereocenters. The normalized spacial score (nSPS) is 14.6.